The van der Waals surface area contributed by atoms with Crippen molar-refractivity contribution in [2.75, 3.05) is 32.8 Å². The molecule has 1 atom stereocenters. The van der Waals surface area contributed by atoms with E-state index in [1.807, 2.05) is 24.3 Å². The van der Waals surface area contributed by atoms with Crippen molar-refractivity contribution in [2.24, 2.45) is 5.92 Å². The fourth-order valence-electron chi connectivity index (χ4n) is 4.44. The summed E-state index contributed by atoms with van der Waals surface area (Å²) < 4.78 is 5.52. The SMILES string of the molecule is C[C@H](C(=O)OCCCN1CCC(CCCO[N+](=O)[O-])CC1)c1cccc(C(=O)c2ccccc2)c1.Cl. The molecule has 1 aliphatic rings. The van der Waals surface area contributed by atoms with Gasteiger partial charge in [0.25, 0.3) is 5.09 Å². The Labute approximate surface area is 218 Å². The van der Waals surface area contributed by atoms with Gasteiger partial charge in [0.15, 0.2) is 5.78 Å². The number of nitrogens with zero attached hydrogens (tertiary/aromatic N) is 2. The zero-order valence-electron chi connectivity index (χ0n) is 20.7. The number of carbonyl (C=O) groups excluding carboxylic acids is 2. The van der Waals surface area contributed by atoms with E-state index in [9.17, 15) is 19.7 Å². The number of ether oxygens (including phenoxy) is 1. The van der Waals surface area contributed by atoms with Gasteiger partial charge in [0.05, 0.1) is 19.1 Å². The maximum Gasteiger partial charge on any atom is 0.313 e. The lowest BCUT2D eigenvalue weighted by molar-refractivity contribution is -0.757. The minimum atomic E-state index is -0.736. The Hall–Kier alpha value is -2.97. The molecule has 36 heavy (non-hydrogen) atoms. The first-order valence-electron chi connectivity index (χ1n) is 12.3. The predicted molar refractivity (Wildman–Crippen MR) is 139 cm³/mol. The van der Waals surface area contributed by atoms with Gasteiger partial charge in [0.2, 0.25) is 0 Å². The molecule has 1 heterocycles. The third-order valence-electron chi connectivity index (χ3n) is 6.56. The number of likely N-dealkylation sites (tertiary alicyclic amines) is 1. The number of hydrogen-bond donors (Lipinski definition) is 0. The number of halogens is 1. The summed E-state index contributed by atoms with van der Waals surface area (Å²) in [5, 5.41) is 9.45. The Morgan fingerprint density at radius 3 is 2.42 bits per heavy atom. The molecule has 0 saturated carbocycles. The molecular weight excluding hydrogens is 484 g/mol. The highest BCUT2D eigenvalue weighted by molar-refractivity contribution is 6.09. The van der Waals surface area contributed by atoms with E-state index in [1.165, 1.54) is 0 Å². The van der Waals surface area contributed by atoms with Gasteiger partial charge < -0.3 is 14.5 Å². The quantitative estimate of drug-likeness (QED) is 0.120. The van der Waals surface area contributed by atoms with Crippen LogP contribution in [0.2, 0.25) is 0 Å². The molecule has 0 N–H and O–H groups in total. The van der Waals surface area contributed by atoms with Gasteiger partial charge in [-0.15, -0.1) is 22.5 Å². The van der Waals surface area contributed by atoms with Crippen LogP contribution in [0.3, 0.4) is 0 Å². The standard InChI is InChI=1S/C27H34N2O6.ClH/c1-21(24-11-5-12-25(20-24)26(30)23-9-3-2-4-10-23)27(31)34-18-7-15-28-16-13-22(14-17-28)8-6-19-35-29(32)33;/h2-5,9-12,20-22H,6-8,13-19H2,1H3;1H/t21-;/m0./s1. The molecule has 0 radical (unpaired) electrons. The molecule has 3 rings (SSSR count). The lowest BCUT2D eigenvalue weighted by Gasteiger charge is -2.31. The van der Waals surface area contributed by atoms with Gasteiger partial charge in [0, 0.05) is 17.7 Å². The monoisotopic (exact) mass is 518 g/mol. The summed E-state index contributed by atoms with van der Waals surface area (Å²) in [6.45, 7) is 5.20. The molecule has 0 amide bonds. The molecule has 0 aliphatic carbocycles. The molecule has 0 aromatic heterocycles. The number of benzene rings is 2. The zero-order chi connectivity index (χ0) is 25.0. The Balaban J connectivity index is 0.00000456. The maximum absolute atomic E-state index is 12.7. The highest BCUT2D eigenvalue weighted by atomic mass is 35.5. The summed E-state index contributed by atoms with van der Waals surface area (Å²) in [4.78, 5) is 42.2. The van der Waals surface area contributed by atoms with E-state index in [-0.39, 0.29) is 30.8 Å². The van der Waals surface area contributed by atoms with Crippen molar-refractivity contribution < 1.29 is 24.3 Å². The first-order chi connectivity index (χ1) is 16.9. The van der Waals surface area contributed by atoms with Gasteiger partial charge in [-0.1, -0.05) is 48.5 Å². The third-order valence-corrected chi connectivity index (χ3v) is 6.56. The van der Waals surface area contributed by atoms with E-state index < -0.39 is 11.0 Å². The molecule has 2 aromatic carbocycles. The van der Waals surface area contributed by atoms with Crippen molar-refractivity contribution in [3.05, 3.63) is 81.4 Å². The average Bonchev–Trinajstić information content (AvgIpc) is 2.89. The third kappa shape index (κ3) is 9.24. The Morgan fingerprint density at radius 2 is 1.72 bits per heavy atom. The largest absolute Gasteiger partial charge is 0.465 e. The topological polar surface area (TPSA) is 99.0 Å². The highest BCUT2D eigenvalue weighted by Crippen LogP contribution is 2.23. The van der Waals surface area contributed by atoms with Crippen LogP contribution < -0.4 is 0 Å². The second-order valence-corrected chi connectivity index (χ2v) is 9.05. The summed E-state index contributed by atoms with van der Waals surface area (Å²) in [5.74, 6) is -0.218. The van der Waals surface area contributed by atoms with Gasteiger partial charge in [0.1, 0.15) is 0 Å². The number of hydrogen-bond acceptors (Lipinski definition) is 7. The van der Waals surface area contributed by atoms with E-state index in [1.54, 1.807) is 37.3 Å². The summed E-state index contributed by atoms with van der Waals surface area (Å²) in [6, 6.07) is 16.3. The normalized spacial score (nSPS) is 14.9. The summed E-state index contributed by atoms with van der Waals surface area (Å²) in [7, 11) is 0. The van der Waals surface area contributed by atoms with E-state index >= 15 is 0 Å². The fraction of sp³-hybridized carbons (Fsp3) is 0.481. The van der Waals surface area contributed by atoms with Crippen LogP contribution in [0.15, 0.2) is 54.6 Å². The number of rotatable bonds is 13. The van der Waals surface area contributed by atoms with E-state index in [0.29, 0.717) is 30.1 Å². The molecular formula is C27H35ClN2O6. The Morgan fingerprint density at radius 1 is 1.03 bits per heavy atom. The minimum absolute atomic E-state index is 0. The van der Waals surface area contributed by atoms with Crippen LogP contribution in [0.1, 0.15) is 66.4 Å². The summed E-state index contributed by atoms with van der Waals surface area (Å²) >= 11 is 0. The maximum atomic E-state index is 12.7. The number of carbonyl (C=O) groups is 2. The fourth-order valence-corrected chi connectivity index (χ4v) is 4.44. The van der Waals surface area contributed by atoms with Gasteiger partial charge in [-0.25, -0.2) is 0 Å². The minimum Gasteiger partial charge on any atom is -0.465 e. The van der Waals surface area contributed by atoms with E-state index in [2.05, 4.69) is 9.74 Å². The number of esters is 1. The number of piperidine rings is 1. The predicted octanol–water partition coefficient (Wildman–Crippen LogP) is 5.08. The van der Waals surface area contributed by atoms with Crippen LogP contribution in [0.25, 0.3) is 0 Å². The van der Waals surface area contributed by atoms with Crippen molar-refractivity contribution in [1.82, 2.24) is 4.90 Å². The Kier molecular flexibility index (Phi) is 12.4. The van der Waals surface area contributed by atoms with Crippen molar-refractivity contribution in [3.8, 4) is 0 Å². The van der Waals surface area contributed by atoms with Crippen LogP contribution in [0.4, 0.5) is 0 Å². The highest BCUT2D eigenvalue weighted by Gasteiger charge is 2.21. The average molecular weight is 519 g/mol. The van der Waals surface area contributed by atoms with Crippen LogP contribution in [-0.4, -0.2) is 54.6 Å². The molecule has 1 aliphatic heterocycles. The van der Waals surface area contributed by atoms with Gasteiger partial charge in [-0.2, -0.15) is 0 Å². The summed E-state index contributed by atoms with van der Waals surface area (Å²) in [6.07, 6.45) is 4.59. The molecule has 2 aromatic rings. The van der Waals surface area contributed by atoms with Crippen LogP contribution in [-0.2, 0) is 14.4 Å². The summed E-state index contributed by atoms with van der Waals surface area (Å²) in [5.41, 5.74) is 1.94. The van der Waals surface area contributed by atoms with Crippen LogP contribution in [0, 0.1) is 16.0 Å². The molecule has 9 heteroatoms. The first kappa shape index (κ1) is 29.3. The Bertz CT molecular complexity index is 979. The molecule has 0 unspecified atom stereocenters. The molecule has 0 bridgehead atoms. The van der Waals surface area contributed by atoms with Gasteiger partial charge in [-0.05, 0) is 69.7 Å². The molecule has 8 nitrogen and oxygen atoms in total. The van der Waals surface area contributed by atoms with Crippen molar-refractivity contribution in [1.29, 1.82) is 0 Å². The first-order valence-corrected chi connectivity index (χ1v) is 12.3. The lowest BCUT2D eigenvalue weighted by Crippen LogP contribution is -2.35. The van der Waals surface area contributed by atoms with Crippen molar-refractivity contribution in [3.63, 3.8) is 0 Å². The van der Waals surface area contributed by atoms with Crippen LogP contribution in [0.5, 0.6) is 0 Å². The smallest absolute Gasteiger partial charge is 0.313 e. The van der Waals surface area contributed by atoms with Gasteiger partial charge >= 0.3 is 5.97 Å². The number of ketones is 1. The second kappa shape index (κ2) is 15.2. The van der Waals surface area contributed by atoms with E-state index in [4.69, 9.17) is 4.74 Å². The molecule has 196 valence electrons. The van der Waals surface area contributed by atoms with Crippen molar-refractivity contribution in [2.45, 2.75) is 44.9 Å². The molecule has 1 fully saturated rings. The van der Waals surface area contributed by atoms with Crippen molar-refractivity contribution >= 4 is 24.2 Å². The molecule has 0 spiro atoms. The van der Waals surface area contributed by atoms with Gasteiger partial charge in [-0.3, -0.25) is 9.59 Å². The second-order valence-electron chi connectivity index (χ2n) is 9.05. The lowest BCUT2D eigenvalue weighted by atomic mass is 9.92. The molecule has 1 saturated heterocycles. The van der Waals surface area contributed by atoms with E-state index in [0.717, 1.165) is 50.9 Å². The zero-order valence-corrected chi connectivity index (χ0v) is 21.5. The van der Waals surface area contributed by atoms with Crippen LogP contribution >= 0.6 is 12.4 Å².